The summed E-state index contributed by atoms with van der Waals surface area (Å²) in [5.41, 5.74) is 5.16. The highest BCUT2D eigenvalue weighted by atomic mass is 19.1. The first kappa shape index (κ1) is 13.1. The van der Waals surface area contributed by atoms with Crippen LogP contribution in [0.5, 0.6) is 0 Å². The zero-order valence-corrected chi connectivity index (χ0v) is 9.14. The lowest BCUT2D eigenvalue weighted by molar-refractivity contribution is -0.142. The average Bonchev–Trinajstić information content (AvgIpc) is 2.30. The van der Waals surface area contributed by atoms with Gasteiger partial charge in [-0.15, -0.1) is 0 Å². The van der Waals surface area contributed by atoms with Gasteiger partial charge < -0.3 is 15.6 Å². The molecule has 1 aromatic carbocycles. The van der Waals surface area contributed by atoms with Crippen LogP contribution in [-0.4, -0.2) is 30.2 Å². The van der Waals surface area contributed by atoms with Gasteiger partial charge in [-0.25, -0.2) is 9.18 Å². The van der Waals surface area contributed by atoms with Gasteiger partial charge in [0, 0.05) is 12.0 Å². The van der Waals surface area contributed by atoms with Crippen molar-refractivity contribution >= 4 is 11.9 Å². The van der Waals surface area contributed by atoms with E-state index >= 15 is 0 Å². The number of aromatic carboxylic acids is 1. The second-order valence-corrected chi connectivity index (χ2v) is 3.40. The van der Waals surface area contributed by atoms with Crippen molar-refractivity contribution in [3.05, 3.63) is 35.1 Å². The fourth-order valence-electron chi connectivity index (χ4n) is 1.42. The molecule has 3 N–H and O–H groups in total. The first-order valence-electron chi connectivity index (χ1n) is 4.81. The molecule has 0 fully saturated rings. The fraction of sp³-hybridized carbons (Fsp3) is 0.273. The van der Waals surface area contributed by atoms with Gasteiger partial charge in [0.2, 0.25) is 0 Å². The molecule has 0 radical (unpaired) electrons. The molecular weight excluding hydrogens is 229 g/mol. The predicted octanol–water partition coefficient (Wildman–Crippen LogP) is 0.567. The van der Waals surface area contributed by atoms with E-state index in [9.17, 15) is 14.0 Å². The number of carbonyl (C=O) groups excluding carboxylic acids is 1. The largest absolute Gasteiger partial charge is 0.478 e. The van der Waals surface area contributed by atoms with Crippen molar-refractivity contribution < 1.29 is 23.8 Å². The molecule has 0 aliphatic heterocycles. The van der Waals surface area contributed by atoms with E-state index < -0.39 is 23.8 Å². The summed E-state index contributed by atoms with van der Waals surface area (Å²) in [5.74, 6) is -2.69. The second-order valence-electron chi connectivity index (χ2n) is 3.40. The van der Waals surface area contributed by atoms with E-state index in [0.29, 0.717) is 0 Å². The number of carboxylic acid groups (broad SMARTS) is 1. The van der Waals surface area contributed by atoms with Crippen molar-refractivity contribution in [1.29, 1.82) is 0 Å². The molecule has 6 heteroatoms. The first-order valence-corrected chi connectivity index (χ1v) is 4.81. The molecule has 0 heterocycles. The number of nitrogens with two attached hydrogens (primary N) is 1. The van der Waals surface area contributed by atoms with Crippen LogP contribution in [-0.2, 0) is 16.0 Å². The van der Waals surface area contributed by atoms with Gasteiger partial charge in [0.25, 0.3) is 0 Å². The van der Waals surface area contributed by atoms with Crippen molar-refractivity contribution in [2.45, 2.75) is 12.5 Å². The molecule has 0 aliphatic rings. The standard InChI is InChI=1S/C11H12FNO4/c1-17-11(16)9(13)5-7-6(10(14)15)3-2-4-8(7)12/h2-4,9H,5,13H2,1H3,(H,14,15)/t9-/m1/s1. The number of esters is 1. The fourth-order valence-corrected chi connectivity index (χ4v) is 1.42. The molecule has 0 bridgehead atoms. The Balaban J connectivity index is 3.05. The third-order valence-electron chi connectivity index (χ3n) is 2.28. The highest BCUT2D eigenvalue weighted by Gasteiger charge is 2.21. The Kier molecular flexibility index (Phi) is 4.17. The Hall–Kier alpha value is -1.95. The minimum absolute atomic E-state index is 0.0992. The van der Waals surface area contributed by atoms with Gasteiger partial charge in [0.15, 0.2) is 0 Å². The molecule has 0 amide bonds. The predicted molar refractivity (Wildman–Crippen MR) is 57.1 cm³/mol. The van der Waals surface area contributed by atoms with E-state index in [-0.39, 0.29) is 17.5 Å². The van der Waals surface area contributed by atoms with Crippen molar-refractivity contribution in [3.8, 4) is 0 Å². The molecule has 1 atom stereocenters. The summed E-state index contributed by atoms with van der Waals surface area (Å²) in [6, 6.07) is 2.57. The van der Waals surface area contributed by atoms with Gasteiger partial charge in [-0.1, -0.05) is 6.07 Å². The molecule has 0 spiro atoms. The smallest absolute Gasteiger partial charge is 0.336 e. The van der Waals surface area contributed by atoms with E-state index in [1.807, 2.05) is 0 Å². The number of benzene rings is 1. The average molecular weight is 241 g/mol. The zero-order valence-electron chi connectivity index (χ0n) is 9.14. The van der Waals surface area contributed by atoms with Gasteiger partial charge in [0.05, 0.1) is 12.7 Å². The summed E-state index contributed by atoms with van der Waals surface area (Å²) >= 11 is 0. The number of hydrogen-bond acceptors (Lipinski definition) is 4. The normalized spacial score (nSPS) is 11.9. The second kappa shape index (κ2) is 5.40. The summed E-state index contributed by atoms with van der Waals surface area (Å²) in [5, 5.41) is 8.88. The quantitative estimate of drug-likeness (QED) is 0.752. The topological polar surface area (TPSA) is 89.6 Å². The number of halogens is 1. The van der Waals surface area contributed by atoms with Crippen LogP contribution in [0.2, 0.25) is 0 Å². The monoisotopic (exact) mass is 241 g/mol. The van der Waals surface area contributed by atoms with Gasteiger partial charge in [-0.3, -0.25) is 4.79 Å². The molecule has 17 heavy (non-hydrogen) atoms. The zero-order chi connectivity index (χ0) is 13.0. The van der Waals surface area contributed by atoms with Crippen molar-refractivity contribution in [2.75, 3.05) is 7.11 Å². The minimum Gasteiger partial charge on any atom is -0.478 e. The summed E-state index contributed by atoms with van der Waals surface area (Å²) in [6.45, 7) is 0. The van der Waals surface area contributed by atoms with Crippen LogP contribution in [0.25, 0.3) is 0 Å². The van der Waals surface area contributed by atoms with Crippen molar-refractivity contribution in [2.24, 2.45) is 5.73 Å². The number of methoxy groups -OCH3 is 1. The lowest BCUT2D eigenvalue weighted by atomic mass is 10.00. The van der Waals surface area contributed by atoms with E-state index in [2.05, 4.69) is 4.74 Å². The highest BCUT2D eigenvalue weighted by Crippen LogP contribution is 2.15. The first-order chi connectivity index (χ1) is 7.97. The third-order valence-corrected chi connectivity index (χ3v) is 2.28. The van der Waals surface area contributed by atoms with Crippen LogP contribution in [0, 0.1) is 5.82 Å². The Morgan fingerprint density at radius 1 is 1.53 bits per heavy atom. The number of rotatable bonds is 4. The lowest BCUT2D eigenvalue weighted by Crippen LogP contribution is -2.34. The lowest BCUT2D eigenvalue weighted by Gasteiger charge is -2.11. The maximum absolute atomic E-state index is 13.5. The molecular formula is C11H12FNO4. The number of carbonyl (C=O) groups is 2. The van der Waals surface area contributed by atoms with Crippen LogP contribution >= 0.6 is 0 Å². The Morgan fingerprint density at radius 2 is 2.18 bits per heavy atom. The van der Waals surface area contributed by atoms with Gasteiger partial charge in [-0.2, -0.15) is 0 Å². The maximum atomic E-state index is 13.5. The highest BCUT2D eigenvalue weighted by molar-refractivity contribution is 5.89. The van der Waals surface area contributed by atoms with Gasteiger partial charge >= 0.3 is 11.9 Å². The molecule has 0 aliphatic carbocycles. The summed E-state index contributed by atoms with van der Waals surface area (Å²) in [6.07, 6.45) is -0.221. The van der Waals surface area contributed by atoms with Crippen molar-refractivity contribution in [1.82, 2.24) is 0 Å². The molecule has 5 nitrogen and oxygen atoms in total. The van der Waals surface area contributed by atoms with Gasteiger partial charge in [0.1, 0.15) is 11.9 Å². The summed E-state index contributed by atoms with van der Waals surface area (Å²) in [4.78, 5) is 22.0. The summed E-state index contributed by atoms with van der Waals surface area (Å²) in [7, 11) is 1.15. The molecule has 1 aromatic rings. The van der Waals surface area contributed by atoms with E-state index in [1.54, 1.807) is 0 Å². The summed E-state index contributed by atoms with van der Waals surface area (Å²) < 4.78 is 17.9. The van der Waals surface area contributed by atoms with Crippen LogP contribution in [0.4, 0.5) is 4.39 Å². The molecule has 0 saturated heterocycles. The van der Waals surface area contributed by atoms with E-state index in [1.165, 1.54) is 12.1 Å². The van der Waals surface area contributed by atoms with Crippen LogP contribution in [0.15, 0.2) is 18.2 Å². The van der Waals surface area contributed by atoms with Crippen LogP contribution in [0.3, 0.4) is 0 Å². The van der Waals surface area contributed by atoms with Crippen molar-refractivity contribution in [3.63, 3.8) is 0 Å². The Labute approximate surface area is 97.0 Å². The minimum atomic E-state index is -1.27. The van der Waals surface area contributed by atoms with Crippen LogP contribution < -0.4 is 5.73 Å². The number of ether oxygens (including phenoxy) is 1. The Morgan fingerprint density at radius 3 is 2.71 bits per heavy atom. The maximum Gasteiger partial charge on any atom is 0.336 e. The molecule has 0 unspecified atom stereocenters. The molecule has 0 saturated carbocycles. The molecule has 0 aromatic heterocycles. The van der Waals surface area contributed by atoms with E-state index in [0.717, 1.165) is 13.2 Å². The third kappa shape index (κ3) is 3.01. The van der Waals surface area contributed by atoms with Gasteiger partial charge in [-0.05, 0) is 12.1 Å². The number of hydrogen-bond donors (Lipinski definition) is 2. The van der Waals surface area contributed by atoms with E-state index in [4.69, 9.17) is 10.8 Å². The SMILES string of the molecule is COC(=O)[C@H](N)Cc1c(F)cccc1C(=O)O. The molecule has 92 valence electrons. The molecule has 1 rings (SSSR count). The number of carboxylic acids is 1. The van der Waals surface area contributed by atoms with Crippen LogP contribution in [0.1, 0.15) is 15.9 Å². The Bertz CT molecular complexity index is 447.